The fraction of sp³-hybridized carbons (Fsp3) is 0.667. The minimum atomic E-state index is -0.803. The number of rotatable bonds is 55. The van der Waals surface area contributed by atoms with Gasteiger partial charge in [-0.3, -0.25) is 14.4 Å². The molecule has 0 spiro atoms. The number of ether oxygens (including phenoxy) is 3. The van der Waals surface area contributed by atoms with Gasteiger partial charge in [-0.2, -0.15) is 0 Å². The lowest BCUT2D eigenvalue weighted by Gasteiger charge is -2.18. The van der Waals surface area contributed by atoms with E-state index in [2.05, 4.69) is 142 Å². The van der Waals surface area contributed by atoms with Gasteiger partial charge in [0.15, 0.2) is 6.10 Å². The van der Waals surface area contributed by atoms with Gasteiger partial charge in [0, 0.05) is 19.3 Å². The van der Waals surface area contributed by atoms with Gasteiger partial charge in [0.2, 0.25) is 0 Å². The van der Waals surface area contributed by atoms with Gasteiger partial charge in [0.25, 0.3) is 0 Å². The molecule has 0 aromatic carbocycles. The van der Waals surface area contributed by atoms with Crippen LogP contribution in [-0.4, -0.2) is 37.2 Å². The summed E-state index contributed by atoms with van der Waals surface area (Å²) in [6.45, 7) is 6.37. The van der Waals surface area contributed by atoms with Crippen LogP contribution in [0.4, 0.5) is 0 Å². The second-order valence-electron chi connectivity index (χ2n) is 20.2. The summed E-state index contributed by atoms with van der Waals surface area (Å²) in [5, 5.41) is 0. The first kappa shape index (κ1) is 70.8. The van der Waals surface area contributed by atoms with Gasteiger partial charge in [-0.1, -0.05) is 251 Å². The Morgan fingerprint density at radius 1 is 0.280 bits per heavy atom. The number of hydrogen-bond donors (Lipinski definition) is 0. The molecule has 0 bridgehead atoms. The van der Waals surface area contributed by atoms with Crippen LogP contribution in [0.15, 0.2) is 122 Å². The van der Waals surface area contributed by atoms with Crippen molar-refractivity contribution < 1.29 is 28.6 Å². The number of hydrogen-bond acceptors (Lipinski definition) is 6. The first-order valence-corrected chi connectivity index (χ1v) is 31.0. The SMILES string of the molecule is CC/C=C\C/C=C\C/C=C\C/C=C\CCCCCCCCCCCCC(=O)OCC(COC(=O)CCCCC/C=C\C/C=C\C/C=C\CC)OC(=O)CCCCCCCC/C=C\C/C=C\C/C=C\CCCCCCC. The van der Waals surface area contributed by atoms with Crippen molar-refractivity contribution in [2.24, 2.45) is 0 Å². The molecular formula is C69H114O6. The van der Waals surface area contributed by atoms with Crippen molar-refractivity contribution in [1.82, 2.24) is 0 Å². The maximum absolute atomic E-state index is 12.9. The van der Waals surface area contributed by atoms with E-state index in [0.717, 1.165) is 135 Å². The highest BCUT2D eigenvalue weighted by Crippen LogP contribution is 2.15. The summed E-state index contributed by atoms with van der Waals surface area (Å²) in [5.41, 5.74) is 0. The first-order valence-electron chi connectivity index (χ1n) is 31.0. The molecule has 6 nitrogen and oxygen atoms in total. The highest BCUT2D eigenvalue weighted by Gasteiger charge is 2.19. The van der Waals surface area contributed by atoms with Crippen molar-refractivity contribution in [3.63, 3.8) is 0 Å². The van der Waals surface area contributed by atoms with Crippen LogP contribution in [0.5, 0.6) is 0 Å². The molecule has 0 heterocycles. The number of allylic oxidation sites excluding steroid dienone is 20. The fourth-order valence-electron chi connectivity index (χ4n) is 8.34. The van der Waals surface area contributed by atoms with Gasteiger partial charge in [0.05, 0.1) is 0 Å². The molecule has 0 aromatic heterocycles. The number of carbonyl (C=O) groups excluding carboxylic acids is 3. The van der Waals surface area contributed by atoms with Crippen molar-refractivity contribution in [3.8, 4) is 0 Å². The summed E-state index contributed by atoms with van der Waals surface area (Å²) >= 11 is 0. The molecule has 0 fully saturated rings. The number of carbonyl (C=O) groups is 3. The van der Waals surface area contributed by atoms with E-state index in [1.165, 1.54) is 103 Å². The van der Waals surface area contributed by atoms with E-state index in [-0.39, 0.29) is 31.1 Å². The average molecular weight is 1040 g/mol. The van der Waals surface area contributed by atoms with Gasteiger partial charge in [-0.15, -0.1) is 0 Å². The van der Waals surface area contributed by atoms with E-state index < -0.39 is 6.10 Å². The van der Waals surface area contributed by atoms with Crippen LogP contribution in [0.2, 0.25) is 0 Å². The zero-order chi connectivity index (χ0) is 54.3. The summed E-state index contributed by atoms with van der Waals surface area (Å²) in [6.07, 6.45) is 86.3. The van der Waals surface area contributed by atoms with Gasteiger partial charge in [-0.25, -0.2) is 0 Å². The highest BCUT2D eigenvalue weighted by molar-refractivity contribution is 5.71. The molecule has 0 radical (unpaired) electrons. The van der Waals surface area contributed by atoms with Gasteiger partial charge < -0.3 is 14.2 Å². The number of unbranched alkanes of at least 4 members (excludes halogenated alkanes) is 24. The Kier molecular flexibility index (Phi) is 58.9. The quantitative estimate of drug-likeness (QED) is 0.0261. The third kappa shape index (κ3) is 60.6. The Morgan fingerprint density at radius 3 is 0.827 bits per heavy atom. The van der Waals surface area contributed by atoms with Crippen LogP contribution < -0.4 is 0 Å². The fourth-order valence-corrected chi connectivity index (χ4v) is 8.34. The summed E-state index contributed by atoms with van der Waals surface area (Å²) in [6, 6.07) is 0. The largest absolute Gasteiger partial charge is 0.462 e. The van der Waals surface area contributed by atoms with Crippen molar-refractivity contribution >= 4 is 17.9 Å². The molecular weight excluding hydrogens is 925 g/mol. The lowest BCUT2D eigenvalue weighted by atomic mass is 10.1. The maximum atomic E-state index is 12.9. The standard InChI is InChI=1S/C69H114O6/c1-4-7-10-13-16-19-22-25-27-29-31-33-34-36-37-39-41-44-47-50-53-56-59-62-68(71)74-65-66(64-73-67(70)61-58-55-52-49-46-43-24-21-18-15-12-9-6-3)75-69(72)63-60-57-54-51-48-45-42-40-38-35-32-30-28-26-23-20-17-14-11-8-5-2/h7,9-10,12,16,18-19,21,23,25-27,30-33,38,40,43,46,66H,4-6,8,11,13-15,17,20,22,24,28-29,34-37,39,41-42,44-45,47-65H2,1-3H3/b10-7-,12-9-,19-16-,21-18-,26-23-,27-25-,32-30-,33-31-,40-38-,46-43-. The number of esters is 3. The molecule has 1 atom stereocenters. The lowest BCUT2D eigenvalue weighted by molar-refractivity contribution is -0.167. The van der Waals surface area contributed by atoms with Crippen LogP contribution in [0, 0.1) is 0 Å². The zero-order valence-corrected chi connectivity index (χ0v) is 48.8. The molecule has 0 N–H and O–H groups in total. The van der Waals surface area contributed by atoms with Gasteiger partial charge in [0.1, 0.15) is 13.2 Å². The Hall–Kier alpha value is -4.19. The zero-order valence-electron chi connectivity index (χ0n) is 48.8. The predicted molar refractivity (Wildman–Crippen MR) is 325 cm³/mol. The third-order valence-electron chi connectivity index (χ3n) is 12.9. The summed E-state index contributed by atoms with van der Waals surface area (Å²) in [4.78, 5) is 38.3. The van der Waals surface area contributed by atoms with Crippen molar-refractivity contribution in [3.05, 3.63) is 122 Å². The molecule has 0 aliphatic carbocycles. The lowest BCUT2D eigenvalue weighted by Crippen LogP contribution is -2.30. The summed E-state index contributed by atoms with van der Waals surface area (Å²) < 4.78 is 16.9. The van der Waals surface area contributed by atoms with Crippen molar-refractivity contribution in [1.29, 1.82) is 0 Å². The molecule has 75 heavy (non-hydrogen) atoms. The minimum Gasteiger partial charge on any atom is -0.462 e. The van der Waals surface area contributed by atoms with E-state index in [0.29, 0.717) is 19.3 Å². The normalized spacial score (nSPS) is 12.9. The Balaban J connectivity index is 4.40. The molecule has 0 saturated carbocycles. The van der Waals surface area contributed by atoms with Crippen LogP contribution in [-0.2, 0) is 28.6 Å². The molecule has 0 aliphatic heterocycles. The van der Waals surface area contributed by atoms with Crippen LogP contribution >= 0.6 is 0 Å². The molecule has 0 aromatic rings. The molecule has 426 valence electrons. The Bertz CT molecular complexity index is 1570. The third-order valence-corrected chi connectivity index (χ3v) is 12.9. The van der Waals surface area contributed by atoms with Crippen LogP contribution in [0.25, 0.3) is 0 Å². The van der Waals surface area contributed by atoms with Gasteiger partial charge in [-0.05, 0) is 128 Å². The molecule has 1 unspecified atom stereocenters. The topological polar surface area (TPSA) is 78.9 Å². The van der Waals surface area contributed by atoms with Crippen LogP contribution in [0.3, 0.4) is 0 Å². The van der Waals surface area contributed by atoms with Crippen molar-refractivity contribution in [2.45, 2.75) is 284 Å². The second kappa shape index (κ2) is 62.4. The highest BCUT2D eigenvalue weighted by atomic mass is 16.6. The van der Waals surface area contributed by atoms with Gasteiger partial charge >= 0.3 is 17.9 Å². The molecule has 0 amide bonds. The van der Waals surface area contributed by atoms with E-state index in [4.69, 9.17) is 14.2 Å². The second-order valence-corrected chi connectivity index (χ2v) is 20.2. The van der Waals surface area contributed by atoms with Crippen molar-refractivity contribution in [2.75, 3.05) is 13.2 Å². The monoisotopic (exact) mass is 1040 g/mol. The van der Waals surface area contributed by atoms with E-state index in [1.807, 2.05) is 0 Å². The summed E-state index contributed by atoms with van der Waals surface area (Å²) in [7, 11) is 0. The molecule has 6 heteroatoms. The Labute approximate surface area is 462 Å². The maximum Gasteiger partial charge on any atom is 0.306 e. The minimum absolute atomic E-state index is 0.0976. The smallest absolute Gasteiger partial charge is 0.306 e. The first-order chi connectivity index (χ1) is 37.0. The average Bonchev–Trinajstić information content (AvgIpc) is 3.41. The van der Waals surface area contributed by atoms with Crippen LogP contribution in [0.1, 0.15) is 278 Å². The predicted octanol–water partition coefficient (Wildman–Crippen LogP) is 21.2. The molecule has 0 aliphatic rings. The Morgan fingerprint density at radius 2 is 0.520 bits per heavy atom. The molecule has 0 saturated heterocycles. The van der Waals surface area contributed by atoms with E-state index in [1.54, 1.807) is 0 Å². The van der Waals surface area contributed by atoms with E-state index in [9.17, 15) is 14.4 Å². The summed E-state index contributed by atoms with van der Waals surface area (Å²) in [5.74, 6) is -0.942. The van der Waals surface area contributed by atoms with E-state index >= 15 is 0 Å². The molecule has 0 rings (SSSR count).